The average molecular weight is 273 g/mol. The molecule has 0 spiro atoms. The van der Waals surface area contributed by atoms with Crippen LogP contribution in [0.4, 0.5) is 10.5 Å². The van der Waals surface area contributed by atoms with Crippen LogP contribution in [0, 0.1) is 18.8 Å². The maximum absolute atomic E-state index is 12.5. The average Bonchev–Trinajstić information content (AvgIpc) is 3.01. The van der Waals surface area contributed by atoms with E-state index >= 15 is 0 Å². The molecule has 3 rings (SSSR count). The molecule has 2 aliphatic heterocycles. The van der Waals surface area contributed by atoms with Crippen molar-refractivity contribution in [1.82, 2.24) is 10.2 Å². The number of urea groups is 1. The first-order valence-corrected chi connectivity index (χ1v) is 7.54. The summed E-state index contributed by atoms with van der Waals surface area (Å²) in [6.07, 6.45) is 1.03. The zero-order valence-corrected chi connectivity index (χ0v) is 12.2. The second kappa shape index (κ2) is 5.44. The van der Waals surface area contributed by atoms with E-state index in [1.54, 1.807) is 0 Å². The van der Waals surface area contributed by atoms with Crippen LogP contribution in [0.1, 0.15) is 18.9 Å². The van der Waals surface area contributed by atoms with Crippen molar-refractivity contribution in [2.45, 2.75) is 26.3 Å². The van der Waals surface area contributed by atoms with Crippen molar-refractivity contribution in [3.8, 4) is 0 Å². The quantitative estimate of drug-likeness (QED) is 0.869. The van der Waals surface area contributed by atoms with Crippen LogP contribution < -0.4 is 10.6 Å². The largest absolute Gasteiger partial charge is 0.322 e. The topological polar surface area (TPSA) is 44.4 Å². The van der Waals surface area contributed by atoms with Crippen LogP contribution in [-0.2, 0) is 0 Å². The first kappa shape index (κ1) is 13.4. The monoisotopic (exact) mass is 273 g/mol. The predicted molar refractivity (Wildman–Crippen MR) is 80.8 cm³/mol. The number of benzene rings is 1. The third-order valence-electron chi connectivity index (χ3n) is 4.70. The van der Waals surface area contributed by atoms with E-state index in [1.807, 2.05) is 36.1 Å². The van der Waals surface area contributed by atoms with Crippen LogP contribution >= 0.6 is 0 Å². The Balaban J connectivity index is 1.69. The number of fused-ring (bicyclic) bond motifs is 1. The van der Waals surface area contributed by atoms with E-state index in [-0.39, 0.29) is 6.03 Å². The number of likely N-dealkylation sites (tertiary alicyclic amines) is 1. The molecule has 4 nitrogen and oxygen atoms in total. The maximum atomic E-state index is 12.5. The van der Waals surface area contributed by atoms with Gasteiger partial charge in [0.05, 0.1) is 0 Å². The fourth-order valence-electron chi connectivity index (χ4n) is 3.61. The van der Waals surface area contributed by atoms with Gasteiger partial charge in [-0.1, -0.05) is 24.6 Å². The molecule has 3 unspecified atom stereocenters. The van der Waals surface area contributed by atoms with Gasteiger partial charge in [-0.15, -0.1) is 0 Å². The van der Waals surface area contributed by atoms with E-state index in [4.69, 9.17) is 0 Å². The highest BCUT2D eigenvalue weighted by molar-refractivity contribution is 5.89. The van der Waals surface area contributed by atoms with Crippen LogP contribution in [0.2, 0.25) is 0 Å². The van der Waals surface area contributed by atoms with Crippen molar-refractivity contribution in [1.29, 1.82) is 0 Å². The minimum atomic E-state index is 0.0510. The van der Waals surface area contributed by atoms with Crippen LogP contribution in [0.5, 0.6) is 0 Å². The molecule has 2 N–H and O–H groups in total. The van der Waals surface area contributed by atoms with Crippen LogP contribution in [0.25, 0.3) is 0 Å². The molecular weight excluding hydrogens is 250 g/mol. The van der Waals surface area contributed by atoms with Gasteiger partial charge in [0.1, 0.15) is 0 Å². The maximum Gasteiger partial charge on any atom is 0.322 e. The van der Waals surface area contributed by atoms with E-state index < -0.39 is 0 Å². The zero-order valence-electron chi connectivity index (χ0n) is 12.2. The molecule has 1 aromatic carbocycles. The summed E-state index contributed by atoms with van der Waals surface area (Å²) in [4.78, 5) is 14.5. The summed E-state index contributed by atoms with van der Waals surface area (Å²) >= 11 is 0. The summed E-state index contributed by atoms with van der Waals surface area (Å²) in [6, 6.07) is 8.40. The lowest BCUT2D eigenvalue weighted by molar-refractivity contribution is 0.196. The van der Waals surface area contributed by atoms with E-state index in [0.717, 1.165) is 31.7 Å². The summed E-state index contributed by atoms with van der Waals surface area (Å²) in [6.45, 7) is 7.21. The highest BCUT2D eigenvalue weighted by Gasteiger charge is 2.45. The van der Waals surface area contributed by atoms with Crippen LogP contribution in [0.15, 0.2) is 24.3 Å². The lowest BCUT2D eigenvalue weighted by Crippen LogP contribution is -2.42. The smallest absolute Gasteiger partial charge is 0.321 e. The summed E-state index contributed by atoms with van der Waals surface area (Å²) < 4.78 is 0. The van der Waals surface area contributed by atoms with Gasteiger partial charge in [0, 0.05) is 31.4 Å². The Labute approximate surface area is 120 Å². The predicted octanol–water partition coefficient (Wildman–Crippen LogP) is 2.46. The minimum Gasteiger partial charge on any atom is -0.321 e. The van der Waals surface area contributed by atoms with Gasteiger partial charge in [-0.3, -0.25) is 0 Å². The molecule has 1 aromatic rings. The Hall–Kier alpha value is -1.55. The Bertz CT molecular complexity index is 485. The Morgan fingerprint density at radius 2 is 2.10 bits per heavy atom. The van der Waals surface area contributed by atoms with Gasteiger partial charge in [0.15, 0.2) is 0 Å². The molecule has 3 atom stereocenters. The highest BCUT2D eigenvalue weighted by Crippen LogP contribution is 2.34. The molecule has 0 aliphatic carbocycles. The fraction of sp³-hybridized carbons (Fsp3) is 0.562. The third-order valence-corrected chi connectivity index (χ3v) is 4.70. The molecule has 0 saturated carbocycles. The molecule has 0 bridgehead atoms. The SMILES string of the molecule is CCC1C2CNCC2CN1C(=O)Nc1ccc(C)cc1. The van der Waals surface area contributed by atoms with E-state index in [9.17, 15) is 4.79 Å². The van der Waals surface area contributed by atoms with Gasteiger partial charge in [0.25, 0.3) is 0 Å². The van der Waals surface area contributed by atoms with Gasteiger partial charge in [-0.25, -0.2) is 4.79 Å². The zero-order chi connectivity index (χ0) is 14.1. The van der Waals surface area contributed by atoms with Crippen molar-refractivity contribution in [2.75, 3.05) is 25.0 Å². The number of nitrogens with zero attached hydrogens (tertiary/aromatic N) is 1. The molecule has 2 aliphatic rings. The van der Waals surface area contributed by atoms with Crippen LogP contribution in [0.3, 0.4) is 0 Å². The number of anilines is 1. The van der Waals surface area contributed by atoms with Gasteiger partial charge < -0.3 is 15.5 Å². The highest BCUT2D eigenvalue weighted by atomic mass is 16.2. The first-order chi connectivity index (χ1) is 9.69. The van der Waals surface area contributed by atoms with Crippen molar-refractivity contribution in [3.63, 3.8) is 0 Å². The van der Waals surface area contributed by atoms with Crippen molar-refractivity contribution in [2.24, 2.45) is 11.8 Å². The summed E-state index contributed by atoms with van der Waals surface area (Å²) in [5.41, 5.74) is 2.09. The molecule has 20 heavy (non-hydrogen) atoms. The fourth-order valence-corrected chi connectivity index (χ4v) is 3.61. The third kappa shape index (κ3) is 2.40. The Morgan fingerprint density at radius 1 is 1.35 bits per heavy atom. The molecule has 2 amide bonds. The molecule has 0 aromatic heterocycles. The Morgan fingerprint density at radius 3 is 2.80 bits per heavy atom. The van der Waals surface area contributed by atoms with E-state index in [0.29, 0.717) is 17.9 Å². The molecule has 108 valence electrons. The van der Waals surface area contributed by atoms with Gasteiger partial charge in [-0.05, 0) is 37.3 Å². The lowest BCUT2D eigenvalue weighted by atomic mass is 9.93. The first-order valence-electron chi connectivity index (χ1n) is 7.54. The number of rotatable bonds is 2. The molecule has 2 saturated heterocycles. The van der Waals surface area contributed by atoms with Gasteiger partial charge >= 0.3 is 6.03 Å². The Kier molecular flexibility index (Phi) is 3.66. The number of nitrogens with one attached hydrogen (secondary N) is 2. The standard InChI is InChI=1S/C16H23N3O/c1-3-15-14-9-17-8-12(14)10-19(15)16(20)18-13-6-4-11(2)5-7-13/h4-7,12,14-15,17H,3,8-10H2,1-2H3,(H,18,20). The van der Waals surface area contributed by atoms with Crippen LogP contribution in [-0.4, -0.2) is 36.6 Å². The number of hydrogen-bond donors (Lipinski definition) is 2. The van der Waals surface area contributed by atoms with Gasteiger partial charge in [0.2, 0.25) is 0 Å². The number of carbonyl (C=O) groups is 1. The van der Waals surface area contributed by atoms with Crippen molar-refractivity contribution >= 4 is 11.7 Å². The molecule has 2 heterocycles. The number of hydrogen-bond acceptors (Lipinski definition) is 2. The van der Waals surface area contributed by atoms with Gasteiger partial charge in [-0.2, -0.15) is 0 Å². The van der Waals surface area contributed by atoms with Crippen molar-refractivity contribution in [3.05, 3.63) is 29.8 Å². The normalized spacial score (nSPS) is 28.5. The summed E-state index contributed by atoms with van der Waals surface area (Å²) in [7, 11) is 0. The molecular formula is C16H23N3O. The molecule has 2 fully saturated rings. The van der Waals surface area contributed by atoms with E-state index in [2.05, 4.69) is 17.6 Å². The number of carbonyl (C=O) groups excluding carboxylic acids is 1. The second-order valence-electron chi connectivity index (χ2n) is 6.01. The molecule has 4 heteroatoms. The van der Waals surface area contributed by atoms with E-state index in [1.165, 1.54) is 5.56 Å². The lowest BCUT2D eigenvalue weighted by Gasteiger charge is -2.27. The number of amides is 2. The van der Waals surface area contributed by atoms with Crippen molar-refractivity contribution < 1.29 is 4.79 Å². The summed E-state index contributed by atoms with van der Waals surface area (Å²) in [5.74, 6) is 1.26. The second-order valence-corrected chi connectivity index (χ2v) is 6.01. The molecule has 0 radical (unpaired) electrons. The minimum absolute atomic E-state index is 0.0510. The summed E-state index contributed by atoms with van der Waals surface area (Å²) in [5, 5.41) is 6.48. The number of aryl methyl sites for hydroxylation is 1.